The molecule has 0 heterocycles. The molecule has 18 heavy (non-hydrogen) atoms. The molecule has 0 aromatic heterocycles. The van der Waals surface area contributed by atoms with E-state index in [2.05, 4.69) is 0 Å². The average molecular weight is 253 g/mol. The molecule has 1 rings (SSSR count). The quantitative estimate of drug-likeness (QED) is 0.342. The fourth-order valence-corrected chi connectivity index (χ4v) is 1.40. The van der Waals surface area contributed by atoms with Gasteiger partial charge in [0.15, 0.2) is 12.0 Å². The molecular formula is C11H11NO6. The highest BCUT2D eigenvalue weighted by atomic mass is 16.6. The van der Waals surface area contributed by atoms with Crippen molar-refractivity contribution in [2.45, 2.75) is 6.92 Å². The number of carbonyl (C=O) groups excluding carboxylic acids is 2. The molecule has 0 fully saturated rings. The van der Waals surface area contributed by atoms with Gasteiger partial charge < -0.3 is 9.47 Å². The number of benzene rings is 1. The lowest BCUT2D eigenvalue weighted by Gasteiger charge is -2.07. The first-order valence-corrected chi connectivity index (χ1v) is 5.03. The molecule has 0 aliphatic rings. The summed E-state index contributed by atoms with van der Waals surface area (Å²) < 4.78 is 9.56. The van der Waals surface area contributed by atoms with Gasteiger partial charge in [-0.05, 0) is 13.0 Å². The monoisotopic (exact) mass is 253 g/mol. The number of nitro groups is 1. The van der Waals surface area contributed by atoms with E-state index in [4.69, 9.17) is 9.47 Å². The van der Waals surface area contributed by atoms with Crippen molar-refractivity contribution in [1.29, 1.82) is 0 Å². The van der Waals surface area contributed by atoms with E-state index in [1.54, 1.807) is 6.92 Å². The number of ether oxygens (including phenoxy) is 2. The maximum atomic E-state index is 11.5. The fourth-order valence-electron chi connectivity index (χ4n) is 1.40. The zero-order valence-corrected chi connectivity index (χ0v) is 9.84. The second kappa shape index (κ2) is 5.76. The lowest BCUT2D eigenvalue weighted by atomic mass is 10.1. The molecule has 0 saturated heterocycles. The minimum Gasteiger partial charge on any atom is -0.490 e. The number of nitrogens with zero attached hydrogens (tertiary/aromatic N) is 1. The summed E-state index contributed by atoms with van der Waals surface area (Å²) in [7, 11) is 1.21. The van der Waals surface area contributed by atoms with E-state index in [0.717, 1.165) is 6.07 Å². The summed E-state index contributed by atoms with van der Waals surface area (Å²) in [6.45, 7) is 1.79. The van der Waals surface area contributed by atoms with Crippen LogP contribution in [-0.4, -0.2) is 30.9 Å². The molecule has 96 valence electrons. The molecule has 0 saturated carbocycles. The van der Waals surface area contributed by atoms with Crippen LogP contribution in [0.15, 0.2) is 12.1 Å². The molecule has 7 nitrogen and oxygen atoms in total. The van der Waals surface area contributed by atoms with Crippen LogP contribution in [0.3, 0.4) is 0 Å². The Balaban J connectivity index is 3.39. The summed E-state index contributed by atoms with van der Waals surface area (Å²) in [6, 6.07) is 2.27. The zero-order chi connectivity index (χ0) is 13.7. The van der Waals surface area contributed by atoms with Gasteiger partial charge in [0.05, 0.1) is 29.8 Å². The summed E-state index contributed by atoms with van der Waals surface area (Å²) in [5.41, 5.74) is -0.677. The smallest absolute Gasteiger partial charge is 0.338 e. The third-order valence-electron chi connectivity index (χ3n) is 2.15. The van der Waals surface area contributed by atoms with E-state index in [1.807, 2.05) is 0 Å². The molecule has 0 N–H and O–H groups in total. The molecule has 0 atom stereocenters. The third-order valence-corrected chi connectivity index (χ3v) is 2.15. The SMILES string of the molecule is CCOC(=O)c1cc(C=O)c([N+](=O)[O-])c(OC)c1. The molecule has 0 spiro atoms. The molecule has 0 aliphatic carbocycles. The van der Waals surface area contributed by atoms with Crippen molar-refractivity contribution in [3.63, 3.8) is 0 Å². The topological polar surface area (TPSA) is 95.7 Å². The van der Waals surface area contributed by atoms with Crippen molar-refractivity contribution >= 4 is 17.9 Å². The highest BCUT2D eigenvalue weighted by molar-refractivity contribution is 5.95. The van der Waals surface area contributed by atoms with E-state index in [0.29, 0.717) is 6.29 Å². The van der Waals surface area contributed by atoms with Gasteiger partial charge >= 0.3 is 11.7 Å². The number of esters is 1. The number of hydrogen-bond donors (Lipinski definition) is 0. The lowest BCUT2D eigenvalue weighted by Crippen LogP contribution is -2.07. The molecule has 0 bridgehead atoms. The molecule has 0 aliphatic heterocycles. The normalized spacial score (nSPS) is 9.67. The molecule has 1 aromatic rings. The van der Waals surface area contributed by atoms with E-state index in [9.17, 15) is 19.7 Å². The van der Waals surface area contributed by atoms with E-state index < -0.39 is 16.6 Å². The Morgan fingerprint density at radius 2 is 2.17 bits per heavy atom. The minimum absolute atomic E-state index is 0.0291. The van der Waals surface area contributed by atoms with Crippen LogP contribution in [0.25, 0.3) is 0 Å². The molecular weight excluding hydrogens is 242 g/mol. The van der Waals surface area contributed by atoms with Crippen LogP contribution in [0.4, 0.5) is 5.69 Å². The molecule has 0 unspecified atom stereocenters. The van der Waals surface area contributed by atoms with Crippen LogP contribution in [0, 0.1) is 10.1 Å². The molecule has 0 radical (unpaired) electrons. The zero-order valence-electron chi connectivity index (χ0n) is 9.84. The molecule has 0 amide bonds. The summed E-state index contributed by atoms with van der Waals surface area (Å²) >= 11 is 0. The van der Waals surface area contributed by atoms with Crippen molar-refractivity contribution in [3.8, 4) is 5.75 Å². The minimum atomic E-state index is -0.739. The van der Waals surface area contributed by atoms with Crippen LogP contribution in [-0.2, 0) is 4.74 Å². The second-order valence-electron chi connectivity index (χ2n) is 3.21. The lowest BCUT2D eigenvalue weighted by molar-refractivity contribution is -0.386. The Bertz CT molecular complexity index is 497. The van der Waals surface area contributed by atoms with Crippen LogP contribution in [0.1, 0.15) is 27.6 Å². The highest BCUT2D eigenvalue weighted by Crippen LogP contribution is 2.31. The van der Waals surface area contributed by atoms with Crippen molar-refractivity contribution in [2.24, 2.45) is 0 Å². The van der Waals surface area contributed by atoms with Gasteiger partial charge in [-0.25, -0.2) is 4.79 Å². The van der Waals surface area contributed by atoms with E-state index >= 15 is 0 Å². The Labute approximate surface area is 102 Å². The number of rotatable bonds is 5. The third kappa shape index (κ3) is 2.62. The van der Waals surface area contributed by atoms with Gasteiger partial charge in [-0.15, -0.1) is 0 Å². The summed E-state index contributed by atoms with van der Waals surface area (Å²) in [6.07, 6.45) is 0.295. The summed E-state index contributed by atoms with van der Waals surface area (Å²) in [5.74, 6) is -0.832. The maximum Gasteiger partial charge on any atom is 0.338 e. The van der Waals surface area contributed by atoms with Crippen molar-refractivity contribution in [2.75, 3.05) is 13.7 Å². The van der Waals surface area contributed by atoms with Gasteiger partial charge in [0.2, 0.25) is 0 Å². The molecule has 7 heteroatoms. The van der Waals surface area contributed by atoms with Crippen LogP contribution >= 0.6 is 0 Å². The summed E-state index contributed by atoms with van der Waals surface area (Å²) in [5, 5.41) is 10.8. The number of methoxy groups -OCH3 is 1. The molecule has 1 aromatic carbocycles. The van der Waals surface area contributed by atoms with Gasteiger partial charge in [-0.2, -0.15) is 0 Å². The van der Waals surface area contributed by atoms with Crippen molar-refractivity contribution < 1.29 is 24.0 Å². The number of hydrogen-bond acceptors (Lipinski definition) is 6. The summed E-state index contributed by atoms with van der Waals surface area (Å²) in [4.78, 5) is 32.4. The maximum absolute atomic E-state index is 11.5. The second-order valence-corrected chi connectivity index (χ2v) is 3.21. The Morgan fingerprint density at radius 3 is 2.61 bits per heavy atom. The number of nitro benzene ring substituents is 1. The number of carbonyl (C=O) groups is 2. The first kappa shape index (κ1) is 13.6. The first-order valence-electron chi connectivity index (χ1n) is 5.03. The van der Waals surface area contributed by atoms with Gasteiger partial charge in [0.25, 0.3) is 0 Å². The predicted molar refractivity (Wildman–Crippen MR) is 61.0 cm³/mol. The number of aldehydes is 1. The first-order chi connectivity index (χ1) is 8.54. The van der Waals surface area contributed by atoms with E-state index in [1.165, 1.54) is 13.2 Å². The largest absolute Gasteiger partial charge is 0.490 e. The Morgan fingerprint density at radius 1 is 1.50 bits per heavy atom. The van der Waals surface area contributed by atoms with Gasteiger partial charge in [-0.1, -0.05) is 0 Å². The van der Waals surface area contributed by atoms with Gasteiger partial charge in [-0.3, -0.25) is 14.9 Å². The van der Waals surface area contributed by atoms with Gasteiger partial charge in [0, 0.05) is 6.07 Å². The van der Waals surface area contributed by atoms with Crippen LogP contribution < -0.4 is 4.74 Å². The van der Waals surface area contributed by atoms with Crippen LogP contribution in [0.2, 0.25) is 0 Å². The Hall–Kier alpha value is -2.44. The standard InChI is InChI=1S/C11H11NO6/c1-3-18-11(14)7-4-8(6-13)10(12(15)16)9(5-7)17-2/h4-6H,3H2,1-2H3. The fraction of sp³-hybridized carbons (Fsp3) is 0.273. The Kier molecular flexibility index (Phi) is 4.36. The van der Waals surface area contributed by atoms with Gasteiger partial charge in [0.1, 0.15) is 0 Å². The average Bonchev–Trinajstić information content (AvgIpc) is 2.36. The van der Waals surface area contributed by atoms with Crippen LogP contribution in [0.5, 0.6) is 5.75 Å². The predicted octanol–water partition coefficient (Wildman–Crippen LogP) is 1.59. The van der Waals surface area contributed by atoms with Crippen molar-refractivity contribution in [1.82, 2.24) is 0 Å². The van der Waals surface area contributed by atoms with E-state index in [-0.39, 0.29) is 23.5 Å². The van der Waals surface area contributed by atoms with Crippen molar-refractivity contribution in [3.05, 3.63) is 33.4 Å². The highest BCUT2D eigenvalue weighted by Gasteiger charge is 2.24.